The third kappa shape index (κ3) is 2.42. The number of para-hydroxylation sites is 1. The average molecular weight is 277 g/mol. The van der Waals surface area contributed by atoms with E-state index in [4.69, 9.17) is 11.6 Å². The number of H-pyrrole nitrogens is 1. The molecule has 98 valence electrons. The summed E-state index contributed by atoms with van der Waals surface area (Å²) >= 11 is 6.02. The van der Waals surface area contributed by atoms with Gasteiger partial charge in [0.15, 0.2) is 0 Å². The zero-order valence-electron chi connectivity index (χ0n) is 10.2. The molecule has 19 heavy (non-hydrogen) atoms. The predicted molar refractivity (Wildman–Crippen MR) is 73.2 cm³/mol. The van der Waals surface area contributed by atoms with Crippen LogP contribution in [0.2, 0.25) is 5.02 Å². The Labute approximate surface area is 115 Å². The van der Waals surface area contributed by atoms with Gasteiger partial charge in [-0.3, -0.25) is 0 Å². The first-order chi connectivity index (χ1) is 9.24. The van der Waals surface area contributed by atoms with Gasteiger partial charge in [0, 0.05) is 13.0 Å². The molecule has 1 aromatic carbocycles. The van der Waals surface area contributed by atoms with Crippen molar-refractivity contribution < 1.29 is 4.79 Å². The molecule has 0 saturated carbocycles. The summed E-state index contributed by atoms with van der Waals surface area (Å²) in [4.78, 5) is 21.2. The van der Waals surface area contributed by atoms with E-state index in [2.05, 4.69) is 15.3 Å². The molecule has 0 fully saturated rings. The van der Waals surface area contributed by atoms with Crippen LogP contribution < -0.4 is 5.32 Å². The number of halogens is 1. The van der Waals surface area contributed by atoms with Gasteiger partial charge in [-0.25, -0.2) is 9.78 Å². The Bertz CT molecular complexity index is 610. The van der Waals surface area contributed by atoms with Gasteiger partial charge in [0.05, 0.1) is 35.0 Å². The van der Waals surface area contributed by atoms with Crippen LogP contribution in [0.15, 0.2) is 30.6 Å². The maximum absolute atomic E-state index is 12.2. The first kappa shape index (κ1) is 12.0. The number of carbonyl (C=O) groups is 1. The lowest BCUT2D eigenvalue weighted by Crippen LogP contribution is -2.39. The minimum atomic E-state index is -0.145. The molecule has 0 aliphatic carbocycles. The van der Waals surface area contributed by atoms with E-state index >= 15 is 0 Å². The number of aromatic nitrogens is 2. The van der Waals surface area contributed by atoms with Crippen molar-refractivity contribution in [2.45, 2.75) is 13.0 Å². The van der Waals surface area contributed by atoms with E-state index < -0.39 is 0 Å². The van der Waals surface area contributed by atoms with Gasteiger partial charge in [0.2, 0.25) is 0 Å². The number of nitrogens with one attached hydrogen (secondary N) is 2. The minimum Gasteiger partial charge on any atom is -0.347 e. The standard InChI is InChI=1S/C13H13ClN4O/c14-9-3-1-2-4-10(9)17-13(19)18-6-5-11-12(7-18)16-8-15-11/h1-4,8H,5-7H2,(H,15,16)(H,17,19). The van der Waals surface area contributed by atoms with Crippen LogP contribution in [0, 0.1) is 0 Å². The fourth-order valence-corrected chi connectivity index (χ4v) is 2.33. The Hall–Kier alpha value is -2.01. The molecule has 2 amide bonds. The van der Waals surface area contributed by atoms with Gasteiger partial charge in [0.25, 0.3) is 0 Å². The molecule has 1 aliphatic rings. The molecule has 2 heterocycles. The van der Waals surface area contributed by atoms with Crippen LogP contribution in [0.5, 0.6) is 0 Å². The lowest BCUT2D eigenvalue weighted by molar-refractivity contribution is 0.205. The van der Waals surface area contributed by atoms with E-state index in [0.717, 1.165) is 17.8 Å². The first-order valence-electron chi connectivity index (χ1n) is 6.05. The largest absolute Gasteiger partial charge is 0.347 e. The van der Waals surface area contributed by atoms with Gasteiger partial charge in [-0.15, -0.1) is 0 Å². The maximum Gasteiger partial charge on any atom is 0.322 e. The van der Waals surface area contributed by atoms with E-state index in [9.17, 15) is 4.79 Å². The molecular formula is C13H13ClN4O. The number of anilines is 1. The smallest absolute Gasteiger partial charge is 0.322 e. The van der Waals surface area contributed by atoms with E-state index in [1.165, 1.54) is 0 Å². The molecule has 0 radical (unpaired) electrons. The predicted octanol–water partition coefficient (Wildman–Crippen LogP) is 2.65. The zero-order chi connectivity index (χ0) is 13.2. The van der Waals surface area contributed by atoms with Crippen LogP contribution in [0.25, 0.3) is 0 Å². The van der Waals surface area contributed by atoms with Crippen molar-refractivity contribution >= 4 is 23.3 Å². The quantitative estimate of drug-likeness (QED) is 0.841. The summed E-state index contributed by atoms with van der Waals surface area (Å²) < 4.78 is 0. The summed E-state index contributed by atoms with van der Waals surface area (Å²) in [6.07, 6.45) is 2.44. The number of nitrogens with zero attached hydrogens (tertiary/aromatic N) is 2. The number of aromatic amines is 1. The van der Waals surface area contributed by atoms with E-state index in [1.807, 2.05) is 12.1 Å². The zero-order valence-corrected chi connectivity index (χ0v) is 10.9. The van der Waals surface area contributed by atoms with Crippen molar-refractivity contribution in [2.24, 2.45) is 0 Å². The summed E-state index contributed by atoms with van der Waals surface area (Å²) in [5.41, 5.74) is 2.67. The van der Waals surface area contributed by atoms with Crippen molar-refractivity contribution in [3.8, 4) is 0 Å². The molecule has 1 aliphatic heterocycles. The SMILES string of the molecule is O=C(Nc1ccccc1Cl)N1CCc2nc[nH]c2C1. The number of fused-ring (bicyclic) bond motifs is 1. The fourth-order valence-electron chi connectivity index (χ4n) is 2.14. The van der Waals surface area contributed by atoms with Gasteiger partial charge < -0.3 is 15.2 Å². The third-order valence-electron chi connectivity index (χ3n) is 3.18. The first-order valence-corrected chi connectivity index (χ1v) is 6.43. The molecule has 3 rings (SSSR count). The van der Waals surface area contributed by atoms with Crippen LogP contribution in [-0.4, -0.2) is 27.4 Å². The highest BCUT2D eigenvalue weighted by atomic mass is 35.5. The second-order valence-corrected chi connectivity index (χ2v) is 4.82. The molecule has 0 saturated heterocycles. The van der Waals surface area contributed by atoms with Crippen molar-refractivity contribution in [3.63, 3.8) is 0 Å². The van der Waals surface area contributed by atoms with Gasteiger partial charge in [-0.2, -0.15) is 0 Å². The Balaban J connectivity index is 1.71. The number of imidazole rings is 1. The van der Waals surface area contributed by atoms with E-state index in [0.29, 0.717) is 23.8 Å². The number of carbonyl (C=O) groups excluding carboxylic acids is 1. The van der Waals surface area contributed by atoms with Crippen LogP contribution in [0.3, 0.4) is 0 Å². The molecule has 2 N–H and O–H groups in total. The van der Waals surface area contributed by atoms with Gasteiger partial charge in [-0.05, 0) is 12.1 Å². The summed E-state index contributed by atoms with van der Waals surface area (Å²) in [7, 11) is 0. The highest BCUT2D eigenvalue weighted by Crippen LogP contribution is 2.22. The van der Waals surface area contributed by atoms with Crippen molar-refractivity contribution in [2.75, 3.05) is 11.9 Å². The van der Waals surface area contributed by atoms with Crippen molar-refractivity contribution in [1.82, 2.24) is 14.9 Å². The number of amides is 2. The number of benzene rings is 1. The number of hydrogen-bond acceptors (Lipinski definition) is 2. The molecule has 5 nitrogen and oxygen atoms in total. The Morgan fingerprint density at radius 1 is 1.42 bits per heavy atom. The van der Waals surface area contributed by atoms with Gasteiger partial charge >= 0.3 is 6.03 Å². The molecule has 2 aromatic rings. The maximum atomic E-state index is 12.2. The van der Waals surface area contributed by atoms with E-state index in [1.54, 1.807) is 23.4 Å². The lowest BCUT2D eigenvalue weighted by Gasteiger charge is -2.26. The Morgan fingerprint density at radius 3 is 3.11 bits per heavy atom. The van der Waals surface area contributed by atoms with Gasteiger partial charge in [-0.1, -0.05) is 23.7 Å². The summed E-state index contributed by atoms with van der Waals surface area (Å²) in [6.45, 7) is 1.21. The molecule has 0 atom stereocenters. The second kappa shape index (κ2) is 4.93. The Morgan fingerprint density at radius 2 is 2.26 bits per heavy atom. The van der Waals surface area contributed by atoms with E-state index in [-0.39, 0.29) is 6.03 Å². The van der Waals surface area contributed by atoms with Gasteiger partial charge in [0.1, 0.15) is 0 Å². The number of rotatable bonds is 1. The molecule has 0 spiro atoms. The van der Waals surface area contributed by atoms with Crippen molar-refractivity contribution in [1.29, 1.82) is 0 Å². The van der Waals surface area contributed by atoms with Crippen LogP contribution in [-0.2, 0) is 13.0 Å². The third-order valence-corrected chi connectivity index (χ3v) is 3.51. The van der Waals surface area contributed by atoms with Crippen LogP contribution in [0.4, 0.5) is 10.5 Å². The summed E-state index contributed by atoms with van der Waals surface area (Å²) in [6, 6.07) is 7.06. The second-order valence-electron chi connectivity index (χ2n) is 4.41. The molecular weight excluding hydrogens is 264 g/mol. The highest BCUT2D eigenvalue weighted by molar-refractivity contribution is 6.33. The summed E-state index contributed by atoms with van der Waals surface area (Å²) in [5, 5.41) is 3.36. The normalized spacial score (nSPS) is 14.1. The summed E-state index contributed by atoms with van der Waals surface area (Å²) in [5.74, 6) is 0. The lowest BCUT2D eigenvalue weighted by atomic mass is 10.1. The number of urea groups is 1. The minimum absolute atomic E-state index is 0.145. The van der Waals surface area contributed by atoms with Crippen LogP contribution >= 0.6 is 11.6 Å². The monoisotopic (exact) mass is 276 g/mol. The fraction of sp³-hybridized carbons (Fsp3) is 0.231. The number of hydrogen-bond donors (Lipinski definition) is 2. The topological polar surface area (TPSA) is 61.0 Å². The molecule has 0 bridgehead atoms. The molecule has 6 heteroatoms. The van der Waals surface area contributed by atoms with Crippen LogP contribution in [0.1, 0.15) is 11.4 Å². The Kier molecular flexibility index (Phi) is 3.13. The highest BCUT2D eigenvalue weighted by Gasteiger charge is 2.22. The molecule has 1 aromatic heterocycles. The van der Waals surface area contributed by atoms with Crippen molar-refractivity contribution in [3.05, 3.63) is 47.0 Å². The molecule has 0 unspecified atom stereocenters. The average Bonchev–Trinajstić information content (AvgIpc) is 2.88.